The molecule has 1 aliphatic rings. The van der Waals surface area contributed by atoms with Gasteiger partial charge in [0.1, 0.15) is 5.56 Å². The van der Waals surface area contributed by atoms with Gasteiger partial charge in [-0.15, -0.1) is 0 Å². The normalized spacial score (nSPS) is 15.6. The van der Waals surface area contributed by atoms with Crippen molar-refractivity contribution in [2.75, 3.05) is 19.6 Å². The molecular formula is C23H25N3O2. The van der Waals surface area contributed by atoms with Crippen LogP contribution in [-0.2, 0) is 0 Å². The van der Waals surface area contributed by atoms with Crippen LogP contribution in [0, 0.1) is 6.92 Å². The largest absolute Gasteiger partial charge is 0.360 e. The lowest BCUT2D eigenvalue weighted by atomic mass is 10.0. The Hall–Kier alpha value is -2.92. The van der Waals surface area contributed by atoms with Crippen LogP contribution in [0.5, 0.6) is 0 Å². The number of nitrogens with zero attached hydrogens (tertiary/aromatic N) is 1. The van der Waals surface area contributed by atoms with E-state index in [1.54, 1.807) is 12.1 Å². The summed E-state index contributed by atoms with van der Waals surface area (Å²) in [4.78, 5) is 30.9. The Labute approximate surface area is 164 Å². The summed E-state index contributed by atoms with van der Waals surface area (Å²) < 4.78 is 0. The standard InChI is InChI=1S/C23H25N3O2/c1-16-8-10-17(11-9-16)21(26-12-4-5-13-26)15-25-23(28)19-14-24-20-7-3-2-6-18(20)22(19)27/h2-3,6-11,14,21H,4-5,12-13,15H2,1H3,(H,24,27)(H,25,28). The van der Waals surface area contributed by atoms with E-state index in [0.29, 0.717) is 11.9 Å². The molecule has 0 bridgehead atoms. The molecule has 4 rings (SSSR count). The first kappa shape index (κ1) is 18.4. The Morgan fingerprint density at radius 3 is 2.57 bits per heavy atom. The number of rotatable bonds is 5. The summed E-state index contributed by atoms with van der Waals surface area (Å²) >= 11 is 0. The minimum atomic E-state index is -0.330. The van der Waals surface area contributed by atoms with Crippen molar-refractivity contribution >= 4 is 16.8 Å². The maximum atomic E-state index is 12.8. The summed E-state index contributed by atoms with van der Waals surface area (Å²) in [6, 6.07) is 15.8. The van der Waals surface area contributed by atoms with Gasteiger partial charge < -0.3 is 10.3 Å². The number of nitrogens with one attached hydrogen (secondary N) is 2. The molecule has 1 unspecified atom stereocenters. The molecule has 1 amide bonds. The van der Waals surface area contributed by atoms with E-state index in [9.17, 15) is 9.59 Å². The number of fused-ring (bicyclic) bond motifs is 1. The Kier molecular flexibility index (Phi) is 5.26. The van der Waals surface area contributed by atoms with Crippen LogP contribution in [0.1, 0.15) is 40.4 Å². The topological polar surface area (TPSA) is 65.2 Å². The Balaban J connectivity index is 1.55. The quantitative estimate of drug-likeness (QED) is 0.718. The summed E-state index contributed by atoms with van der Waals surface area (Å²) in [5, 5.41) is 3.53. The summed E-state index contributed by atoms with van der Waals surface area (Å²) in [5.41, 5.74) is 3.07. The number of aromatic nitrogens is 1. The molecule has 144 valence electrons. The fourth-order valence-corrected chi connectivity index (χ4v) is 3.92. The Morgan fingerprint density at radius 1 is 1.11 bits per heavy atom. The molecule has 1 aliphatic heterocycles. The van der Waals surface area contributed by atoms with Gasteiger partial charge >= 0.3 is 0 Å². The second-order valence-corrected chi connectivity index (χ2v) is 7.46. The summed E-state index contributed by atoms with van der Waals surface area (Å²) in [5.74, 6) is -0.330. The van der Waals surface area contributed by atoms with Crippen molar-refractivity contribution in [2.24, 2.45) is 0 Å². The molecule has 1 aromatic heterocycles. The molecule has 3 aromatic rings. The molecule has 2 heterocycles. The molecule has 0 spiro atoms. The number of benzene rings is 2. The monoisotopic (exact) mass is 375 g/mol. The van der Waals surface area contributed by atoms with E-state index in [2.05, 4.69) is 46.4 Å². The van der Waals surface area contributed by atoms with Gasteiger partial charge in [0, 0.05) is 23.6 Å². The lowest BCUT2D eigenvalue weighted by molar-refractivity contribution is 0.0936. The number of para-hydroxylation sites is 1. The highest BCUT2D eigenvalue weighted by Crippen LogP contribution is 2.25. The average molecular weight is 375 g/mol. The van der Waals surface area contributed by atoms with E-state index in [1.807, 2.05) is 12.1 Å². The molecule has 1 atom stereocenters. The Bertz CT molecular complexity index is 1030. The fraction of sp³-hybridized carbons (Fsp3) is 0.304. The summed E-state index contributed by atoms with van der Waals surface area (Å²) in [6.07, 6.45) is 3.87. The van der Waals surface area contributed by atoms with Gasteiger partial charge in [0.05, 0.1) is 6.04 Å². The number of likely N-dealkylation sites (tertiary alicyclic amines) is 1. The molecule has 1 fully saturated rings. The first-order valence-electron chi connectivity index (χ1n) is 9.83. The molecule has 2 N–H and O–H groups in total. The Morgan fingerprint density at radius 2 is 1.82 bits per heavy atom. The van der Waals surface area contributed by atoms with Gasteiger partial charge in [0.2, 0.25) is 5.43 Å². The lowest BCUT2D eigenvalue weighted by Crippen LogP contribution is -2.38. The third-order valence-electron chi connectivity index (χ3n) is 5.53. The molecular weight excluding hydrogens is 350 g/mol. The zero-order valence-electron chi connectivity index (χ0n) is 16.1. The molecule has 0 saturated carbocycles. The van der Waals surface area contributed by atoms with Crippen LogP contribution >= 0.6 is 0 Å². The van der Waals surface area contributed by atoms with Crippen LogP contribution in [0.2, 0.25) is 0 Å². The van der Waals surface area contributed by atoms with Crippen LogP contribution in [0.3, 0.4) is 0 Å². The van der Waals surface area contributed by atoms with Crippen LogP contribution in [0.15, 0.2) is 59.5 Å². The first-order chi connectivity index (χ1) is 13.6. The van der Waals surface area contributed by atoms with Crippen molar-refractivity contribution < 1.29 is 4.79 Å². The minimum absolute atomic E-state index is 0.117. The van der Waals surface area contributed by atoms with Crippen LogP contribution in [0.25, 0.3) is 10.9 Å². The van der Waals surface area contributed by atoms with Gasteiger partial charge in [-0.2, -0.15) is 0 Å². The van der Waals surface area contributed by atoms with Crippen molar-refractivity contribution in [3.8, 4) is 0 Å². The van der Waals surface area contributed by atoms with Gasteiger partial charge in [-0.25, -0.2) is 0 Å². The molecule has 28 heavy (non-hydrogen) atoms. The highest BCUT2D eigenvalue weighted by molar-refractivity contribution is 5.97. The van der Waals surface area contributed by atoms with Gasteiger partial charge in [0.15, 0.2) is 0 Å². The van der Waals surface area contributed by atoms with Gasteiger partial charge in [0.25, 0.3) is 5.91 Å². The number of hydrogen-bond donors (Lipinski definition) is 2. The minimum Gasteiger partial charge on any atom is -0.360 e. The predicted octanol–water partition coefficient (Wildman–Crippen LogP) is 3.40. The molecule has 2 aromatic carbocycles. The second kappa shape index (κ2) is 7.98. The number of aryl methyl sites for hydroxylation is 1. The van der Waals surface area contributed by atoms with Crippen molar-refractivity contribution in [3.05, 3.63) is 81.6 Å². The third-order valence-corrected chi connectivity index (χ3v) is 5.53. The highest BCUT2D eigenvalue weighted by atomic mass is 16.2. The van der Waals surface area contributed by atoms with E-state index in [1.165, 1.54) is 30.2 Å². The number of carbonyl (C=O) groups is 1. The van der Waals surface area contributed by atoms with Crippen molar-refractivity contribution in [3.63, 3.8) is 0 Å². The SMILES string of the molecule is Cc1ccc(C(CNC(=O)c2c[nH]c3ccccc3c2=O)N2CCCC2)cc1. The van der Waals surface area contributed by atoms with E-state index in [0.717, 1.165) is 18.6 Å². The average Bonchev–Trinajstić information content (AvgIpc) is 3.24. The van der Waals surface area contributed by atoms with Gasteiger partial charge in [-0.3, -0.25) is 14.5 Å². The van der Waals surface area contributed by atoms with Crippen LogP contribution in [0.4, 0.5) is 0 Å². The first-order valence-corrected chi connectivity index (χ1v) is 9.83. The zero-order valence-corrected chi connectivity index (χ0v) is 16.1. The van der Waals surface area contributed by atoms with Crippen LogP contribution in [-0.4, -0.2) is 35.4 Å². The number of pyridine rings is 1. The van der Waals surface area contributed by atoms with Crippen LogP contribution < -0.4 is 10.7 Å². The van der Waals surface area contributed by atoms with E-state index < -0.39 is 0 Å². The number of hydrogen-bond acceptors (Lipinski definition) is 3. The maximum Gasteiger partial charge on any atom is 0.256 e. The number of aromatic amines is 1. The third kappa shape index (κ3) is 3.71. The van der Waals surface area contributed by atoms with E-state index in [-0.39, 0.29) is 22.9 Å². The smallest absolute Gasteiger partial charge is 0.256 e. The lowest BCUT2D eigenvalue weighted by Gasteiger charge is -2.28. The van der Waals surface area contributed by atoms with Crippen molar-refractivity contribution in [1.29, 1.82) is 0 Å². The second-order valence-electron chi connectivity index (χ2n) is 7.46. The number of H-pyrrole nitrogens is 1. The molecule has 1 saturated heterocycles. The molecule has 0 radical (unpaired) electrons. The summed E-state index contributed by atoms with van der Waals surface area (Å²) in [7, 11) is 0. The van der Waals surface area contributed by atoms with Crippen molar-refractivity contribution in [2.45, 2.75) is 25.8 Å². The van der Waals surface area contributed by atoms with Gasteiger partial charge in [-0.05, 0) is 50.6 Å². The molecule has 5 heteroatoms. The van der Waals surface area contributed by atoms with E-state index >= 15 is 0 Å². The molecule has 0 aliphatic carbocycles. The molecule has 5 nitrogen and oxygen atoms in total. The van der Waals surface area contributed by atoms with Crippen molar-refractivity contribution in [1.82, 2.24) is 15.2 Å². The predicted molar refractivity (Wildman–Crippen MR) is 112 cm³/mol. The summed E-state index contributed by atoms with van der Waals surface area (Å²) in [6.45, 7) is 4.62. The maximum absolute atomic E-state index is 12.8. The fourth-order valence-electron chi connectivity index (χ4n) is 3.92. The number of amides is 1. The van der Waals surface area contributed by atoms with Gasteiger partial charge in [-0.1, -0.05) is 42.0 Å². The number of carbonyl (C=O) groups excluding carboxylic acids is 1. The highest BCUT2D eigenvalue weighted by Gasteiger charge is 2.24. The van der Waals surface area contributed by atoms with E-state index in [4.69, 9.17) is 0 Å². The zero-order chi connectivity index (χ0) is 19.5.